The fourth-order valence-corrected chi connectivity index (χ4v) is 1.96. The molecule has 0 unspecified atom stereocenters. The largest absolute Gasteiger partial charge is 0.475 e. The Balaban J connectivity index is 1.79. The van der Waals surface area contributed by atoms with E-state index in [2.05, 4.69) is 5.32 Å². The molecule has 1 aromatic rings. The number of rotatable bonds is 5. The molecule has 0 saturated heterocycles. The Morgan fingerprint density at radius 1 is 1.44 bits per heavy atom. The van der Waals surface area contributed by atoms with Crippen molar-refractivity contribution in [1.82, 2.24) is 5.32 Å². The maximum absolute atomic E-state index is 11.6. The van der Waals surface area contributed by atoms with Gasteiger partial charge in [0.25, 0.3) is 0 Å². The topological polar surface area (TPSA) is 106 Å². The third-order valence-corrected chi connectivity index (χ3v) is 3.19. The van der Waals surface area contributed by atoms with Gasteiger partial charge in [0, 0.05) is 12.0 Å². The Labute approximate surface area is 104 Å². The molecule has 2 rings (SSSR count). The molecule has 1 aliphatic rings. The number of hydrogen-bond acceptors (Lipinski definition) is 4. The van der Waals surface area contributed by atoms with Crippen LogP contribution in [-0.4, -0.2) is 22.5 Å². The van der Waals surface area contributed by atoms with E-state index in [9.17, 15) is 9.59 Å². The van der Waals surface area contributed by atoms with Crippen molar-refractivity contribution >= 4 is 11.9 Å². The van der Waals surface area contributed by atoms with E-state index < -0.39 is 5.97 Å². The zero-order valence-electron chi connectivity index (χ0n) is 9.94. The third-order valence-electron chi connectivity index (χ3n) is 3.19. The molecule has 4 N–H and O–H groups in total. The summed E-state index contributed by atoms with van der Waals surface area (Å²) in [5.41, 5.74) is 5.61. The molecule has 0 aliphatic heterocycles. The number of carbonyl (C=O) groups is 2. The second-order valence-electron chi connectivity index (χ2n) is 4.74. The number of carbonyl (C=O) groups excluding carboxylic acids is 1. The summed E-state index contributed by atoms with van der Waals surface area (Å²) in [7, 11) is 0. The normalized spacial score (nSPS) is 16.9. The lowest BCUT2D eigenvalue weighted by molar-refractivity contribution is -0.123. The highest BCUT2D eigenvalue weighted by atomic mass is 16.4. The van der Waals surface area contributed by atoms with Crippen molar-refractivity contribution < 1.29 is 19.1 Å². The number of aromatic carboxylic acids is 1. The van der Waals surface area contributed by atoms with Crippen molar-refractivity contribution in [2.45, 2.75) is 37.8 Å². The summed E-state index contributed by atoms with van der Waals surface area (Å²) in [5.74, 6) is -0.970. The lowest BCUT2D eigenvalue weighted by Gasteiger charge is -2.37. The standard InChI is InChI=1S/C12H16N2O4/c13-12(4-1-5-12)6-10(15)14-7-8-2-3-9(18-8)11(16)17/h2-3H,1,4-7,13H2,(H,14,15)(H,16,17). The number of amides is 1. The Bertz CT molecular complexity index is 462. The van der Waals surface area contributed by atoms with Crippen molar-refractivity contribution in [3.8, 4) is 0 Å². The first kappa shape index (κ1) is 12.6. The molecule has 6 heteroatoms. The van der Waals surface area contributed by atoms with E-state index in [1.807, 2.05) is 0 Å². The molecule has 1 saturated carbocycles. The molecule has 0 aromatic carbocycles. The molecule has 98 valence electrons. The van der Waals surface area contributed by atoms with E-state index in [1.54, 1.807) is 0 Å². The predicted octanol–water partition coefficient (Wildman–Crippen LogP) is 0.865. The van der Waals surface area contributed by atoms with E-state index in [4.69, 9.17) is 15.3 Å². The Morgan fingerprint density at radius 3 is 2.67 bits per heavy atom. The number of hydrogen-bond donors (Lipinski definition) is 3. The lowest BCUT2D eigenvalue weighted by Crippen LogP contribution is -2.49. The number of carboxylic acid groups (broad SMARTS) is 1. The van der Waals surface area contributed by atoms with Crippen LogP contribution in [0, 0.1) is 0 Å². The summed E-state index contributed by atoms with van der Waals surface area (Å²) in [5, 5.41) is 11.3. The fraction of sp³-hybridized carbons (Fsp3) is 0.500. The van der Waals surface area contributed by atoms with Gasteiger partial charge >= 0.3 is 5.97 Å². The van der Waals surface area contributed by atoms with Crippen LogP contribution in [0.1, 0.15) is 42.0 Å². The van der Waals surface area contributed by atoms with Crippen molar-refractivity contribution in [2.75, 3.05) is 0 Å². The van der Waals surface area contributed by atoms with Crippen LogP contribution in [0.15, 0.2) is 16.5 Å². The molecule has 0 radical (unpaired) electrons. The van der Waals surface area contributed by atoms with E-state index in [1.165, 1.54) is 12.1 Å². The zero-order valence-corrected chi connectivity index (χ0v) is 9.94. The molecule has 1 amide bonds. The van der Waals surface area contributed by atoms with Crippen LogP contribution >= 0.6 is 0 Å². The van der Waals surface area contributed by atoms with Gasteiger partial charge in [-0.2, -0.15) is 0 Å². The van der Waals surface area contributed by atoms with Gasteiger partial charge in [0.1, 0.15) is 5.76 Å². The summed E-state index contributed by atoms with van der Waals surface area (Å²) < 4.78 is 5.02. The van der Waals surface area contributed by atoms with Crippen LogP contribution < -0.4 is 11.1 Å². The van der Waals surface area contributed by atoms with E-state index in [0.717, 1.165) is 19.3 Å². The highest BCUT2D eigenvalue weighted by molar-refractivity contribution is 5.84. The maximum atomic E-state index is 11.6. The van der Waals surface area contributed by atoms with Crippen LogP contribution in [0.25, 0.3) is 0 Å². The molecule has 1 aromatic heterocycles. The lowest BCUT2D eigenvalue weighted by atomic mass is 9.75. The van der Waals surface area contributed by atoms with Crippen LogP contribution in [0.2, 0.25) is 0 Å². The van der Waals surface area contributed by atoms with Gasteiger partial charge in [0.2, 0.25) is 11.7 Å². The van der Waals surface area contributed by atoms with E-state index in [-0.39, 0.29) is 23.8 Å². The van der Waals surface area contributed by atoms with Crippen molar-refractivity contribution in [1.29, 1.82) is 0 Å². The van der Waals surface area contributed by atoms with Gasteiger partial charge in [-0.1, -0.05) is 0 Å². The predicted molar refractivity (Wildman–Crippen MR) is 62.9 cm³/mol. The van der Waals surface area contributed by atoms with Crippen molar-refractivity contribution in [2.24, 2.45) is 5.73 Å². The van der Waals surface area contributed by atoms with Gasteiger partial charge in [0.05, 0.1) is 6.54 Å². The molecule has 1 heterocycles. The first-order chi connectivity index (χ1) is 8.48. The maximum Gasteiger partial charge on any atom is 0.371 e. The van der Waals surface area contributed by atoms with Gasteiger partial charge in [-0.25, -0.2) is 4.79 Å². The highest BCUT2D eigenvalue weighted by Crippen LogP contribution is 2.31. The molecular weight excluding hydrogens is 236 g/mol. The molecule has 0 atom stereocenters. The molecule has 0 spiro atoms. The summed E-state index contributed by atoms with van der Waals surface area (Å²) in [4.78, 5) is 22.2. The zero-order chi connectivity index (χ0) is 13.2. The smallest absolute Gasteiger partial charge is 0.371 e. The number of nitrogens with two attached hydrogens (primary N) is 1. The molecule has 1 fully saturated rings. The Morgan fingerprint density at radius 2 is 2.17 bits per heavy atom. The van der Waals surface area contributed by atoms with E-state index in [0.29, 0.717) is 12.2 Å². The van der Waals surface area contributed by atoms with Gasteiger partial charge in [-0.3, -0.25) is 4.79 Å². The molecule has 0 bridgehead atoms. The first-order valence-electron chi connectivity index (χ1n) is 5.86. The summed E-state index contributed by atoms with van der Waals surface area (Å²) in [6, 6.07) is 2.89. The number of furan rings is 1. The minimum Gasteiger partial charge on any atom is -0.475 e. The average molecular weight is 252 g/mol. The second-order valence-corrected chi connectivity index (χ2v) is 4.74. The fourth-order valence-electron chi connectivity index (χ4n) is 1.96. The monoisotopic (exact) mass is 252 g/mol. The SMILES string of the molecule is NC1(CC(=O)NCc2ccc(C(=O)O)o2)CCC1. The number of carboxylic acids is 1. The molecule has 6 nitrogen and oxygen atoms in total. The number of nitrogens with one attached hydrogen (secondary N) is 1. The Hall–Kier alpha value is -1.82. The minimum atomic E-state index is -1.12. The second kappa shape index (κ2) is 4.81. The van der Waals surface area contributed by atoms with Gasteiger partial charge in [-0.05, 0) is 31.4 Å². The highest BCUT2D eigenvalue weighted by Gasteiger charge is 2.34. The minimum absolute atomic E-state index is 0.131. The van der Waals surface area contributed by atoms with Crippen LogP contribution in [0.3, 0.4) is 0 Å². The van der Waals surface area contributed by atoms with Crippen LogP contribution in [0.5, 0.6) is 0 Å². The van der Waals surface area contributed by atoms with E-state index >= 15 is 0 Å². The molecule has 18 heavy (non-hydrogen) atoms. The van der Waals surface area contributed by atoms with Gasteiger partial charge < -0.3 is 20.6 Å². The third kappa shape index (κ3) is 2.89. The van der Waals surface area contributed by atoms with Gasteiger partial charge in [-0.15, -0.1) is 0 Å². The van der Waals surface area contributed by atoms with Gasteiger partial charge in [0.15, 0.2) is 0 Å². The Kier molecular flexibility index (Phi) is 3.38. The van der Waals surface area contributed by atoms with Crippen molar-refractivity contribution in [3.63, 3.8) is 0 Å². The molecular formula is C12H16N2O4. The summed E-state index contributed by atoms with van der Waals surface area (Å²) in [6.45, 7) is 0.183. The summed E-state index contributed by atoms with van der Waals surface area (Å²) >= 11 is 0. The van der Waals surface area contributed by atoms with Crippen LogP contribution in [0.4, 0.5) is 0 Å². The van der Waals surface area contributed by atoms with Crippen LogP contribution in [-0.2, 0) is 11.3 Å². The summed E-state index contributed by atoms with van der Waals surface area (Å²) in [6.07, 6.45) is 3.14. The quantitative estimate of drug-likeness (QED) is 0.720. The average Bonchev–Trinajstić information content (AvgIpc) is 2.73. The van der Waals surface area contributed by atoms with Crippen molar-refractivity contribution in [3.05, 3.63) is 23.7 Å². The first-order valence-corrected chi connectivity index (χ1v) is 5.86. The molecule has 1 aliphatic carbocycles.